The van der Waals surface area contributed by atoms with Gasteiger partial charge in [0, 0.05) is 23.7 Å². The Morgan fingerprint density at radius 3 is 2.59 bits per heavy atom. The first-order chi connectivity index (χ1) is 13.3. The van der Waals surface area contributed by atoms with Gasteiger partial charge in [0.15, 0.2) is 0 Å². The lowest BCUT2D eigenvalue weighted by molar-refractivity contribution is 0.954. The molecule has 0 unspecified atom stereocenters. The molecular formula is C21H21N5S. The molecule has 0 saturated heterocycles. The van der Waals surface area contributed by atoms with E-state index in [1.165, 1.54) is 5.56 Å². The van der Waals surface area contributed by atoms with Crippen molar-refractivity contribution in [2.75, 3.05) is 17.2 Å². The summed E-state index contributed by atoms with van der Waals surface area (Å²) in [5, 5.41) is 9.99. The van der Waals surface area contributed by atoms with Crippen LogP contribution in [0.1, 0.15) is 19.0 Å². The van der Waals surface area contributed by atoms with Crippen LogP contribution in [0.5, 0.6) is 0 Å². The number of anilines is 2. The molecule has 136 valence electrons. The van der Waals surface area contributed by atoms with E-state index in [1.807, 2.05) is 24.3 Å². The first kappa shape index (κ1) is 17.4. The highest BCUT2D eigenvalue weighted by Gasteiger charge is 2.15. The number of rotatable bonds is 7. The van der Waals surface area contributed by atoms with E-state index in [0.29, 0.717) is 12.5 Å². The molecule has 0 fully saturated rings. The fraction of sp³-hybridized carbons (Fsp3) is 0.190. The second-order valence-corrected chi connectivity index (χ2v) is 7.05. The van der Waals surface area contributed by atoms with Crippen molar-refractivity contribution in [3.63, 3.8) is 0 Å². The molecule has 5 nitrogen and oxygen atoms in total. The number of benzene rings is 1. The van der Waals surface area contributed by atoms with E-state index < -0.39 is 0 Å². The summed E-state index contributed by atoms with van der Waals surface area (Å²) in [6, 6.07) is 16.3. The van der Waals surface area contributed by atoms with Crippen molar-refractivity contribution in [1.82, 2.24) is 15.0 Å². The van der Waals surface area contributed by atoms with Crippen LogP contribution in [0.15, 0.2) is 60.1 Å². The van der Waals surface area contributed by atoms with Gasteiger partial charge in [-0.3, -0.25) is 4.98 Å². The number of thiophene rings is 1. The fourth-order valence-corrected chi connectivity index (χ4v) is 3.84. The van der Waals surface area contributed by atoms with Gasteiger partial charge < -0.3 is 10.6 Å². The molecule has 2 N–H and O–H groups in total. The number of nitrogens with zero attached hydrogens (tertiary/aromatic N) is 3. The Labute approximate surface area is 162 Å². The molecule has 0 aliphatic rings. The molecule has 3 heterocycles. The summed E-state index contributed by atoms with van der Waals surface area (Å²) >= 11 is 1.65. The van der Waals surface area contributed by atoms with Gasteiger partial charge in [0.05, 0.1) is 17.6 Å². The second kappa shape index (κ2) is 8.14. The molecule has 4 rings (SSSR count). The van der Waals surface area contributed by atoms with E-state index in [-0.39, 0.29) is 0 Å². The van der Waals surface area contributed by atoms with Gasteiger partial charge in [-0.1, -0.05) is 43.3 Å². The number of pyridine rings is 1. The van der Waals surface area contributed by atoms with Crippen LogP contribution in [0.4, 0.5) is 11.8 Å². The molecule has 0 spiro atoms. The Morgan fingerprint density at radius 2 is 1.81 bits per heavy atom. The largest absolute Gasteiger partial charge is 0.364 e. The molecule has 0 amide bonds. The Bertz CT molecular complexity index is 1010. The summed E-state index contributed by atoms with van der Waals surface area (Å²) in [6.45, 7) is 3.59. The van der Waals surface area contributed by atoms with Crippen LogP contribution in [0, 0.1) is 0 Å². The van der Waals surface area contributed by atoms with Crippen LogP contribution in [0.25, 0.3) is 21.3 Å². The van der Waals surface area contributed by atoms with Gasteiger partial charge in [-0.2, -0.15) is 4.98 Å². The second-order valence-electron chi connectivity index (χ2n) is 6.19. The third-order valence-corrected chi connectivity index (χ3v) is 5.09. The minimum atomic E-state index is 0.615. The summed E-state index contributed by atoms with van der Waals surface area (Å²) in [5.74, 6) is 1.50. The van der Waals surface area contributed by atoms with Crippen LogP contribution in [-0.4, -0.2) is 21.5 Å². The summed E-state index contributed by atoms with van der Waals surface area (Å²) in [6.07, 6.45) is 2.83. The molecule has 3 aromatic heterocycles. The highest BCUT2D eigenvalue weighted by Crippen LogP contribution is 2.37. The van der Waals surface area contributed by atoms with E-state index in [2.05, 4.69) is 52.2 Å². The van der Waals surface area contributed by atoms with Gasteiger partial charge in [0.25, 0.3) is 0 Å². The maximum Gasteiger partial charge on any atom is 0.226 e. The molecule has 0 aliphatic carbocycles. The number of aromatic nitrogens is 3. The predicted octanol–water partition coefficient (Wildman–Crippen LogP) is 5.19. The normalized spacial score (nSPS) is 10.9. The quantitative estimate of drug-likeness (QED) is 0.465. The molecule has 6 heteroatoms. The van der Waals surface area contributed by atoms with Crippen molar-refractivity contribution in [3.8, 4) is 11.1 Å². The summed E-state index contributed by atoms with van der Waals surface area (Å²) in [7, 11) is 0. The lowest BCUT2D eigenvalue weighted by Crippen LogP contribution is -2.08. The van der Waals surface area contributed by atoms with Crippen molar-refractivity contribution in [1.29, 1.82) is 0 Å². The number of fused-ring (bicyclic) bond motifs is 1. The van der Waals surface area contributed by atoms with Gasteiger partial charge in [-0.05, 0) is 24.1 Å². The van der Waals surface area contributed by atoms with Crippen molar-refractivity contribution < 1.29 is 0 Å². The zero-order chi connectivity index (χ0) is 18.5. The Kier molecular flexibility index (Phi) is 5.25. The van der Waals surface area contributed by atoms with Crippen LogP contribution < -0.4 is 10.6 Å². The van der Waals surface area contributed by atoms with Crippen LogP contribution in [0.3, 0.4) is 0 Å². The van der Waals surface area contributed by atoms with Crippen LogP contribution in [-0.2, 0) is 6.54 Å². The molecule has 0 bridgehead atoms. The maximum atomic E-state index is 4.76. The zero-order valence-corrected chi connectivity index (χ0v) is 16.0. The van der Waals surface area contributed by atoms with Crippen LogP contribution in [0.2, 0.25) is 0 Å². The third-order valence-electron chi connectivity index (χ3n) is 4.21. The van der Waals surface area contributed by atoms with Gasteiger partial charge in [0.2, 0.25) is 5.95 Å². The van der Waals surface area contributed by atoms with E-state index >= 15 is 0 Å². The number of hydrogen-bond acceptors (Lipinski definition) is 6. The minimum absolute atomic E-state index is 0.615. The molecule has 0 atom stereocenters. The van der Waals surface area contributed by atoms with Gasteiger partial charge >= 0.3 is 0 Å². The lowest BCUT2D eigenvalue weighted by atomic mass is 10.1. The van der Waals surface area contributed by atoms with E-state index in [1.54, 1.807) is 17.5 Å². The monoisotopic (exact) mass is 375 g/mol. The highest BCUT2D eigenvalue weighted by molar-refractivity contribution is 7.17. The molecule has 4 aromatic rings. The molecular weight excluding hydrogens is 354 g/mol. The van der Waals surface area contributed by atoms with Crippen LogP contribution >= 0.6 is 11.3 Å². The SMILES string of the molecule is CCCNc1nc(NCc2ccccn2)c2c(-c3ccccc3)csc2n1. The van der Waals surface area contributed by atoms with Crippen molar-refractivity contribution >= 4 is 33.3 Å². The smallest absolute Gasteiger partial charge is 0.226 e. The Balaban J connectivity index is 1.75. The van der Waals surface area contributed by atoms with Gasteiger partial charge in [-0.25, -0.2) is 4.98 Å². The first-order valence-corrected chi connectivity index (χ1v) is 9.95. The first-order valence-electron chi connectivity index (χ1n) is 9.07. The van der Waals surface area contributed by atoms with Crippen molar-refractivity contribution in [3.05, 3.63) is 65.8 Å². The van der Waals surface area contributed by atoms with E-state index in [9.17, 15) is 0 Å². The lowest BCUT2D eigenvalue weighted by Gasteiger charge is -2.11. The topological polar surface area (TPSA) is 62.7 Å². The molecule has 27 heavy (non-hydrogen) atoms. The van der Waals surface area contributed by atoms with Crippen molar-refractivity contribution in [2.24, 2.45) is 0 Å². The number of nitrogens with one attached hydrogen (secondary N) is 2. The molecule has 1 aromatic carbocycles. The number of hydrogen-bond donors (Lipinski definition) is 2. The van der Waals surface area contributed by atoms with E-state index in [0.717, 1.165) is 40.3 Å². The van der Waals surface area contributed by atoms with E-state index in [4.69, 9.17) is 9.97 Å². The summed E-state index contributed by atoms with van der Waals surface area (Å²) in [5.41, 5.74) is 3.30. The molecule has 0 radical (unpaired) electrons. The molecule has 0 aliphatic heterocycles. The highest BCUT2D eigenvalue weighted by atomic mass is 32.1. The molecule has 0 saturated carbocycles. The van der Waals surface area contributed by atoms with Gasteiger partial charge in [0.1, 0.15) is 10.6 Å². The maximum absolute atomic E-state index is 4.76. The fourth-order valence-electron chi connectivity index (χ4n) is 2.89. The zero-order valence-electron chi connectivity index (χ0n) is 15.1. The third kappa shape index (κ3) is 3.90. The van der Waals surface area contributed by atoms with Crippen molar-refractivity contribution in [2.45, 2.75) is 19.9 Å². The Morgan fingerprint density at radius 1 is 0.963 bits per heavy atom. The average Bonchev–Trinajstić information content (AvgIpc) is 3.16. The van der Waals surface area contributed by atoms with Gasteiger partial charge in [-0.15, -0.1) is 11.3 Å². The standard InChI is InChI=1S/C21H21N5S/c1-2-11-23-21-25-19(24-13-16-10-6-7-12-22-16)18-17(14-27-20(18)26-21)15-8-4-3-5-9-15/h3-10,12,14H,2,11,13H2,1H3,(H2,23,24,25,26). The summed E-state index contributed by atoms with van der Waals surface area (Å²) in [4.78, 5) is 14.8. The minimum Gasteiger partial charge on any atom is -0.364 e. The predicted molar refractivity (Wildman–Crippen MR) is 113 cm³/mol. The average molecular weight is 376 g/mol. The summed E-state index contributed by atoms with van der Waals surface area (Å²) < 4.78 is 0. The Hall–Kier alpha value is -2.99.